The van der Waals surface area contributed by atoms with E-state index >= 15 is 0 Å². The second-order valence-corrected chi connectivity index (χ2v) is 6.05. The van der Waals surface area contributed by atoms with Crippen LogP contribution in [0.5, 0.6) is 0 Å². The van der Waals surface area contributed by atoms with Crippen LogP contribution in [0.2, 0.25) is 5.02 Å². The highest BCUT2D eigenvalue weighted by Crippen LogP contribution is 2.48. The molecule has 0 atom stereocenters. The topological polar surface area (TPSA) is 26.0 Å². The minimum Gasteiger partial charge on any atom is -0.330 e. The molecular formula is C13H17ClFNS. The molecule has 0 aromatic heterocycles. The third-order valence-electron chi connectivity index (χ3n) is 3.61. The van der Waals surface area contributed by atoms with Crippen molar-refractivity contribution in [1.82, 2.24) is 0 Å². The van der Waals surface area contributed by atoms with Crippen molar-refractivity contribution in [2.75, 3.05) is 12.8 Å². The molecule has 94 valence electrons. The van der Waals surface area contributed by atoms with E-state index < -0.39 is 0 Å². The Kier molecular flexibility index (Phi) is 4.01. The summed E-state index contributed by atoms with van der Waals surface area (Å²) in [6, 6.07) is 3.64. The monoisotopic (exact) mass is 273 g/mol. The maximum absolute atomic E-state index is 13.6. The van der Waals surface area contributed by atoms with Gasteiger partial charge in [-0.1, -0.05) is 11.6 Å². The van der Waals surface area contributed by atoms with Gasteiger partial charge in [0, 0.05) is 4.90 Å². The summed E-state index contributed by atoms with van der Waals surface area (Å²) < 4.78 is 13.6. The number of rotatable bonds is 5. The highest BCUT2D eigenvalue weighted by molar-refractivity contribution is 7.98. The molecular weight excluding hydrogens is 257 g/mol. The van der Waals surface area contributed by atoms with Crippen molar-refractivity contribution in [1.29, 1.82) is 0 Å². The lowest BCUT2D eigenvalue weighted by Gasteiger charge is -2.13. The predicted octanol–water partition coefficient (Wildman–Crippen LogP) is 3.87. The van der Waals surface area contributed by atoms with Crippen LogP contribution < -0.4 is 5.73 Å². The summed E-state index contributed by atoms with van der Waals surface area (Å²) in [7, 11) is 0. The van der Waals surface area contributed by atoms with Crippen molar-refractivity contribution < 1.29 is 4.39 Å². The molecule has 1 aliphatic carbocycles. The first-order valence-electron chi connectivity index (χ1n) is 5.82. The van der Waals surface area contributed by atoms with Crippen molar-refractivity contribution in [3.63, 3.8) is 0 Å². The summed E-state index contributed by atoms with van der Waals surface area (Å²) in [5.41, 5.74) is 7.23. The van der Waals surface area contributed by atoms with Crippen LogP contribution in [0.25, 0.3) is 0 Å². The molecule has 17 heavy (non-hydrogen) atoms. The van der Waals surface area contributed by atoms with E-state index in [1.54, 1.807) is 6.07 Å². The first-order valence-corrected chi connectivity index (χ1v) is 7.42. The van der Waals surface area contributed by atoms with Crippen molar-refractivity contribution in [2.45, 2.75) is 30.6 Å². The Morgan fingerprint density at radius 2 is 2.18 bits per heavy atom. The van der Waals surface area contributed by atoms with Crippen molar-refractivity contribution >= 4 is 23.4 Å². The summed E-state index contributed by atoms with van der Waals surface area (Å²) >= 11 is 7.28. The molecule has 1 saturated carbocycles. The third-order valence-corrected chi connectivity index (χ3v) is 4.62. The lowest BCUT2D eigenvalue weighted by Crippen LogP contribution is -2.16. The van der Waals surface area contributed by atoms with Gasteiger partial charge in [0.2, 0.25) is 0 Å². The number of hydrogen-bond donors (Lipinski definition) is 1. The summed E-state index contributed by atoms with van der Waals surface area (Å²) in [5.74, 6) is -0.303. The summed E-state index contributed by atoms with van der Waals surface area (Å²) in [6.45, 7) is 0.761. The molecule has 2 rings (SSSR count). The number of hydrogen-bond acceptors (Lipinski definition) is 2. The fraction of sp³-hybridized carbons (Fsp3) is 0.538. The minimum atomic E-state index is -0.303. The summed E-state index contributed by atoms with van der Waals surface area (Å²) in [5, 5.41) is 0.226. The molecule has 2 N–H and O–H groups in total. The van der Waals surface area contributed by atoms with Gasteiger partial charge in [0.25, 0.3) is 0 Å². The fourth-order valence-corrected chi connectivity index (χ4v) is 2.91. The zero-order chi connectivity index (χ0) is 12.5. The Morgan fingerprint density at radius 1 is 1.47 bits per heavy atom. The normalized spacial score (nSPS) is 17.2. The second-order valence-electron chi connectivity index (χ2n) is 4.80. The average Bonchev–Trinajstić information content (AvgIpc) is 3.11. The van der Waals surface area contributed by atoms with E-state index in [0.717, 1.165) is 24.9 Å². The van der Waals surface area contributed by atoms with Gasteiger partial charge in [-0.2, -0.15) is 0 Å². The van der Waals surface area contributed by atoms with Gasteiger partial charge >= 0.3 is 0 Å². The molecule has 0 aliphatic heterocycles. The zero-order valence-electron chi connectivity index (χ0n) is 9.93. The van der Waals surface area contributed by atoms with Crippen LogP contribution in [0.4, 0.5) is 4.39 Å². The summed E-state index contributed by atoms with van der Waals surface area (Å²) in [6.07, 6.45) is 6.34. The molecule has 4 heteroatoms. The Hall–Kier alpha value is -0.250. The SMILES string of the molecule is CSc1cc(CCC2(CN)CC2)cc(Cl)c1F. The molecule has 1 aromatic rings. The smallest absolute Gasteiger partial charge is 0.155 e. The van der Waals surface area contributed by atoms with E-state index in [2.05, 4.69) is 0 Å². The Balaban J connectivity index is 2.08. The van der Waals surface area contributed by atoms with Crippen molar-refractivity contribution in [3.8, 4) is 0 Å². The molecule has 0 bridgehead atoms. The highest BCUT2D eigenvalue weighted by Gasteiger charge is 2.40. The van der Waals surface area contributed by atoms with Crippen LogP contribution in [0.3, 0.4) is 0 Å². The maximum Gasteiger partial charge on any atom is 0.155 e. The molecule has 1 aliphatic rings. The van der Waals surface area contributed by atoms with E-state index in [9.17, 15) is 4.39 Å². The first-order chi connectivity index (χ1) is 8.10. The van der Waals surface area contributed by atoms with Gasteiger partial charge in [-0.3, -0.25) is 0 Å². The lowest BCUT2D eigenvalue weighted by atomic mass is 9.97. The van der Waals surface area contributed by atoms with E-state index in [0.29, 0.717) is 10.3 Å². The number of aryl methyl sites for hydroxylation is 1. The van der Waals surface area contributed by atoms with Gasteiger partial charge in [-0.25, -0.2) is 4.39 Å². The molecule has 0 amide bonds. The number of benzene rings is 1. The van der Waals surface area contributed by atoms with E-state index in [-0.39, 0.29) is 10.8 Å². The number of thioether (sulfide) groups is 1. The standard InChI is InChI=1S/C13H17ClFNS/c1-17-11-7-9(6-10(14)12(11)15)2-3-13(8-16)4-5-13/h6-7H,2-5,8,16H2,1H3. The van der Waals surface area contributed by atoms with Gasteiger partial charge < -0.3 is 5.73 Å². The second kappa shape index (κ2) is 5.17. The van der Waals surface area contributed by atoms with E-state index in [1.165, 1.54) is 24.6 Å². The zero-order valence-corrected chi connectivity index (χ0v) is 11.5. The van der Waals surface area contributed by atoms with Crippen LogP contribution in [-0.4, -0.2) is 12.8 Å². The molecule has 0 radical (unpaired) electrons. The minimum absolute atomic E-state index is 0.226. The highest BCUT2D eigenvalue weighted by atomic mass is 35.5. The van der Waals surface area contributed by atoms with Crippen LogP contribution >= 0.6 is 23.4 Å². The largest absolute Gasteiger partial charge is 0.330 e. The summed E-state index contributed by atoms with van der Waals surface area (Å²) in [4.78, 5) is 0.630. The molecule has 0 spiro atoms. The third kappa shape index (κ3) is 2.95. The maximum atomic E-state index is 13.6. The van der Waals surface area contributed by atoms with Crippen LogP contribution in [0.15, 0.2) is 17.0 Å². The van der Waals surface area contributed by atoms with Crippen LogP contribution in [0.1, 0.15) is 24.8 Å². The Morgan fingerprint density at radius 3 is 2.71 bits per heavy atom. The quantitative estimate of drug-likeness (QED) is 0.824. The first kappa shape index (κ1) is 13.2. The molecule has 0 unspecified atom stereocenters. The van der Waals surface area contributed by atoms with E-state index in [4.69, 9.17) is 17.3 Å². The van der Waals surface area contributed by atoms with Crippen LogP contribution in [0, 0.1) is 11.2 Å². The molecule has 1 nitrogen and oxygen atoms in total. The van der Waals surface area contributed by atoms with E-state index in [1.807, 2.05) is 12.3 Å². The lowest BCUT2D eigenvalue weighted by molar-refractivity contribution is 0.478. The van der Waals surface area contributed by atoms with Crippen molar-refractivity contribution in [3.05, 3.63) is 28.5 Å². The number of nitrogens with two attached hydrogens (primary N) is 1. The van der Waals surface area contributed by atoms with Gasteiger partial charge in [-0.15, -0.1) is 11.8 Å². The molecule has 0 saturated heterocycles. The van der Waals surface area contributed by atoms with Gasteiger partial charge in [0.05, 0.1) is 5.02 Å². The average molecular weight is 274 g/mol. The predicted molar refractivity (Wildman–Crippen MR) is 72.2 cm³/mol. The molecule has 1 fully saturated rings. The molecule has 1 aromatic carbocycles. The van der Waals surface area contributed by atoms with Crippen LogP contribution in [-0.2, 0) is 6.42 Å². The molecule has 0 heterocycles. The Bertz CT molecular complexity index is 418. The van der Waals surface area contributed by atoms with Gasteiger partial charge in [0.15, 0.2) is 5.82 Å². The van der Waals surface area contributed by atoms with Gasteiger partial charge in [0.1, 0.15) is 0 Å². The fourth-order valence-electron chi connectivity index (χ4n) is 2.05. The number of halogens is 2. The van der Waals surface area contributed by atoms with Crippen molar-refractivity contribution in [2.24, 2.45) is 11.1 Å². The Labute approximate surface area is 111 Å². The van der Waals surface area contributed by atoms with Gasteiger partial charge in [-0.05, 0) is 61.6 Å².